The molecule has 0 spiro atoms. The Morgan fingerprint density at radius 1 is 1.00 bits per heavy atom. The Hall–Kier alpha value is -3.51. The summed E-state index contributed by atoms with van der Waals surface area (Å²) in [5.74, 6) is -0.0499. The number of rotatable bonds is 4. The highest BCUT2D eigenvalue weighted by atomic mass is 35.5. The predicted molar refractivity (Wildman–Crippen MR) is 128 cm³/mol. The number of benzene rings is 3. The van der Waals surface area contributed by atoms with Gasteiger partial charge in [0.05, 0.1) is 6.04 Å². The fourth-order valence-electron chi connectivity index (χ4n) is 4.00. The quantitative estimate of drug-likeness (QED) is 0.599. The van der Waals surface area contributed by atoms with Gasteiger partial charge in [-0.05, 0) is 54.4 Å². The van der Waals surface area contributed by atoms with Crippen LogP contribution in [0, 0.1) is 6.92 Å². The Morgan fingerprint density at radius 3 is 2.38 bits per heavy atom. The number of nitrogens with zero attached hydrogens (tertiary/aromatic N) is 2. The average molecular weight is 449 g/mol. The van der Waals surface area contributed by atoms with Crippen LogP contribution in [-0.2, 0) is 0 Å². The van der Waals surface area contributed by atoms with Gasteiger partial charge in [0.15, 0.2) is 0 Å². The van der Waals surface area contributed by atoms with Gasteiger partial charge in [-0.3, -0.25) is 4.79 Å². The molecule has 0 radical (unpaired) electrons. The highest BCUT2D eigenvalue weighted by Crippen LogP contribution is 2.31. The molecule has 0 aromatic heterocycles. The monoisotopic (exact) mass is 448 g/mol. The first-order valence-electron chi connectivity index (χ1n) is 10.5. The van der Waals surface area contributed by atoms with E-state index in [4.69, 9.17) is 17.3 Å². The van der Waals surface area contributed by atoms with Crippen LogP contribution < -0.4 is 16.0 Å². The second-order valence-electron chi connectivity index (χ2n) is 7.87. The molecule has 164 valence electrons. The van der Waals surface area contributed by atoms with Gasteiger partial charge in [0.1, 0.15) is 0 Å². The van der Waals surface area contributed by atoms with Crippen molar-refractivity contribution >= 4 is 34.9 Å². The molecule has 1 aliphatic rings. The van der Waals surface area contributed by atoms with Crippen molar-refractivity contribution in [3.63, 3.8) is 0 Å². The Kier molecular flexibility index (Phi) is 6.32. The zero-order valence-electron chi connectivity index (χ0n) is 17.8. The van der Waals surface area contributed by atoms with Gasteiger partial charge < -0.3 is 20.9 Å². The average Bonchev–Trinajstić information content (AvgIpc) is 2.81. The molecule has 0 saturated carbocycles. The van der Waals surface area contributed by atoms with Gasteiger partial charge in [-0.2, -0.15) is 0 Å². The lowest BCUT2D eigenvalue weighted by Gasteiger charge is -2.43. The van der Waals surface area contributed by atoms with E-state index in [-0.39, 0.29) is 11.9 Å². The molecule has 1 atom stereocenters. The van der Waals surface area contributed by atoms with Gasteiger partial charge in [-0.25, -0.2) is 4.79 Å². The Bertz CT molecular complexity index is 1120. The number of primary amides is 1. The van der Waals surface area contributed by atoms with Crippen LogP contribution in [0.25, 0.3) is 0 Å². The van der Waals surface area contributed by atoms with Crippen LogP contribution in [-0.4, -0.2) is 36.5 Å². The third-order valence-corrected chi connectivity index (χ3v) is 6.15. The molecule has 1 aliphatic heterocycles. The van der Waals surface area contributed by atoms with E-state index in [1.54, 1.807) is 24.3 Å². The lowest BCUT2D eigenvalue weighted by atomic mass is 10.00. The molecule has 4 rings (SSSR count). The number of carbonyl (C=O) groups excluding carboxylic acids is 2. The van der Waals surface area contributed by atoms with Gasteiger partial charge >= 0.3 is 6.03 Å². The second kappa shape index (κ2) is 9.32. The van der Waals surface area contributed by atoms with Crippen molar-refractivity contribution in [2.45, 2.75) is 13.0 Å². The minimum atomic E-state index is -0.638. The summed E-state index contributed by atoms with van der Waals surface area (Å²) >= 11 is 6.36. The number of piperazine rings is 1. The number of anilines is 2. The van der Waals surface area contributed by atoms with Gasteiger partial charge in [-0.15, -0.1) is 0 Å². The molecule has 1 saturated heterocycles. The van der Waals surface area contributed by atoms with Crippen molar-refractivity contribution in [3.05, 3.63) is 94.5 Å². The number of carbonyl (C=O) groups is 2. The van der Waals surface area contributed by atoms with Crippen molar-refractivity contribution in [1.29, 1.82) is 0 Å². The highest BCUT2D eigenvalue weighted by molar-refractivity contribution is 6.31. The first-order valence-corrected chi connectivity index (χ1v) is 10.8. The summed E-state index contributed by atoms with van der Waals surface area (Å²) in [6.07, 6.45) is 0. The third-order valence-electron chi connectivity index (χ3n) is 5.75. The first-order chi connectivity index (χ1) is 15.4. The summed E-state index contributed by atoms with van der Waals surface area (Å²) in [7, 11) is 0. The predicted octanol–water partition coefficient (Wildman–Crippen LogP) is 4.84. The number of hydrogen-bond acceptors (Lipinski definition) is 3. The van der Waals surface area contributed by atoms with E-state index in [1.807, 2.05) is 42.2 Å². The zero-order chi connectivity index (χ0) is 22.7. The maximum absolute atomic E-state index is 13.4. The number of nitrogens with two attached hydrogens (primary N) is 1. The Labute approximate surface area is 192 Å². The zero-order valence-corrected chi connectivity index (χ0v) is 18.5. The maximum atomic E-state index is 13.4. The second-order valence-corrected chi connectivity index (χ2v) is 8.28. The molecule has 3 N–H and O–H groups in total. The van der Waals surface area contributed by atoms with Crippen molar-refractivity contribution in [3.8, 4) is 0 Å². The van der Waals surface area contributed by atoms with E-state index >= 15 is 0 Å². The van der Waals surface area contributed by atoms with Crippen molar-refractivity contribution in [1.82, 2.24) is 4.90 Å². The van der Waals surface area contributed by atoms with E-state index in [9.17, 15) is 9.59 Å². The van der Waals surface area contributed by atoms with E-state index in [1.165, 1.54) is 0 Å². The molecule has 0 aliphatic carbocycles. The molecular formula is C25H25ClN4O2. The van der Waals surface area contributed by atoms with Crippen molar-refractivity contribution < 1.29 is 9.59 Å². The lowest BCUT2D eigenvalue weighted by molar-refractivity contribution is 0.0655. The van der Waals surface area contributed by atoms with E-state index < -0.39 is 6.03 Å². The summed E-state index contributed by atoms with van der Waals surface area (Å²) in [6.45, 7) is 3.93. The largest absolute Gasteiger partial charge is 0.367 e. The molecule has 32 heavy (non-hydrogen) atoms. The van der Waals surface area contributed by atoms with Crippen LogP contribution in [0.3, 0.4) is 0 Å². The Morgan fingerprint density at radius 2 is 1.72 bits per heavy atom. The number of nitrogens with one attached hydrogen (secondary N) is 1. The van der Waals surface area contributed by atoms with Gasteiger partial charge in [0, 0.05) is 41.6 Å². The number of halogens is 1. The summed E-state index contributed by atoms with van der Waals surface area (Å²) in [5.41, 5.74) is 9.45. The molecule has 3 aromatic carbocycles. The maximum Gasteiger partial charge on any atom is 0.316 e. The minimum Gasteiger partial charge on any atom is -0.367 e. The van der Waals surface area contributed by atoms with Crippen LogP contribution in [0.1, 0.15) is 27.5 Å². The van der Waals surface area contributed by atoms with Gasteiger partial charge in [-0.1, -0.05) is 48.0 Å². The van der Waals surface area contributed by atoms with Crippen LogP contribution in [0.15, 0.2) is 72.8 Å². The van der Waals surface area contributed by atoms with Gasteiger partial charge in [0.25, 0.3) is 5.91 Å². The normalized spacial score (nSPS) is 16.0. The molecule has 7 heteroatoms. The van der Waals surface area contributed by atoms with Crippen LogP contribution in [0.5, 0.6) is 0 Å². The SMILES string of the molecule is Cc1ccc(N2CCN(C(=O)c3ccc(NC(N)=O)cc3)C(c3ccccc3)C2)cc1Cl. The number of aryl methyl sites for hydroxylation is 1. The standard InChI is InChI=1S/C25H25ClN4O2/c1-17-7-12-21(15-22(17)26)29-13-14-30(23(16-29)18-5-3-2-4-6-18)24(31)19-8-10-20(11-9-19)28-25(27)32/h2-12,15,23H,13-14,16H2,1H3,(H3,27,28,32). The molecule has 1 unspecified atom stereocenters. The number of urea groups is 1. The molecule has 6 nitrogen and oxygen atoms in total. The van der Waals surface area contributed by atoms with Crippen LogP contribution in [0.4, 0.5) is 16.2 Å². The van der Waals surface area contributed by atoms with Gasteiger partial charge in [0.2, 0.25) is 0 Å². The fourth-order valence-corrected chi connectivity index (χ4v) is 4.18. The van der Waals surface area contributed by atoms with Crippen LogP contribution >= 0.6 is 11.6 Å². The molecule has 1 fully saturated rings. The van der Waals surface area contributed by atoms with E-state index in [0.717, 1.165) is 21.8 Å². The topological polar surface area (TPSA) is 78.7 Å². The van der Waals surface area contributed by atoms with Crippen molar-refractivity contribution in [2.24, 2.45) is 5.73 Å². The molecule has 0 bridgehead atoms. The highest BCUT2D eigenvalue weighted by Gasteiger charge is 2.32. The Balaban J connectivity index is 1.60. The van der Waals surface area contributed by atoms with E-state index in [2.05, 4.69) is 28.4 Å². The summed E-state index contributed by atoms with van der Waals surface area (Å²) in [5, 5.41) is 3.25. The summed E-state index contributed by atoms with van der Waals surface area (Å²) in [6, 6.07) is 22.2. The first kappa shape index (κ1) is 21.7. The van der Waals surface area contributed by atoms with Crippen molar-refractivity contribution in [2.75, 3.05) is 29.9 Å². The fraction of sp³-hybridized carbons (Fsp3) is 0.200. The number of hydrogen-bond donors (Lipinski definition) is 2. The number of amides is 3. The third kappa shape index (κ3) is 4.70. The molecular weight excluding hydrogens is 424 g/mol. The smallest absolute Gasteiger partial charge is 0.316 e. The molecule has 3 aromatic rings. The summed E-state index contributed by atoms with van der Waals surface area (Å²) in [4.78, 5) is 28.7. The lowest BCUT2D eigenvalue weighted by Crippen LogP contribution is -2.50. The van der Waals surface area contributed by atoms with E-state index in [0.29, 0.717) is 30.9 Å². The van der Waals surface area contributed by atoms with Crippen LogP contribution in [0.2, 0.25) is 5.02 Å². The summed E-state index contributed by atoms with van der Waals surface area (Å²) < 4.78 is 0. The minimum absolute atomic E-state index is 0.0499. The molecule has 1 heterocycles. The molecule has 3 amide bonds.